The Hall–Kier alpha value is -2.40. The maximum Gasteiger partial charge on any atom is 0.251 e. The zero-order valence-corrected chi connectivity index (χ0v) is 14.4. The van der Waals surface area contributed by atoms with Crippen LogP contribution in [0, 0.1) is 0 Å². The molecule has 2 aliphatic rings. The first kappa shape index (κ1) is 16.1. The van der Waals surface area contributed by atoms with Crippen LogP contribution in [0.2, 0.25) is 0 Å². The Morgan fingerprint density at radius 2 is 2.00 bits per heavy atom. The average molecular weight is 337 g/mol. The zero-order valence-electron chi connectivity index (χ0n) is 14.4. The van der Waals surface area contributed by atoms with Gasteiger partial charge in [0, 0.05) is 30.5 Å². The lowest BCUT2D eigenvalue weighted by molar-refractivity contribution is 0.0923. The van der Waals surface area contributed by atoms with Gasteiger partial charge in [-0.15, -0.1) is 0 Å². The van der Waals surface area contributed by atoms with E-state index in [1.807, 2.05) is 12.1 Å². The first-order valence-electron chi connectivity index (χ1n) is 8.87. The lowest BCUT2D eigenvalue weighted by atomic mass is 9.99. The molecule has 1 saturated heterocycles. The minimum Gasteiger partial charge on any atom is -0.497 e. The molecule has 1 N–H and O–H groups in total. The summed E-state index contributed by atoms with van der Waals surface area (Å²) in [6.07, 6.45) is 6.78. The number of pyridine rings is 1. The molecule has 4 rings (SSSR count). The molecule has 130 valence electrons. The number of carbonyl (C=O) groups is 1. The number of amides is 1. The van der Waals surface area contributed by atoms with Crippen LogP contribution in [0.3, 0.4) is 0 Å². The molecule has 1 saturated carbocycles. The van der Waals surface area contributed by atoms with Gasteiger partial charge in [-0.05, 0) is 49.1 Å². The van der Waals surface area contributed by atoms with Gasteiger partial charge in [0.05, 0.1) is 19.2 Å². The van der Waals surface area contributed by atoms with Crippen LogP contribution < -0.4 is 10.1 Å². The number of likely N-dealkylation sites (tertiary alicyclic amines) is 1. The molecule has 2 atom stereocenters. The number of methoxy groups -OCH3 is 1. The van der Waals surface area contributed by atoms with Gasteiger partial charge in [-0.3, -0.25) is 14.7 Å². The third-order valence-electron chi connectivity index (χ3n) is 5.15. The molecule has 2 fully saturated rings. The van der Waals surface area contributed by atoms with Crippen molar-refractivity contribution in [2.75, 3.05) is 13.7 Å². The summed E-state index contributed by atoms with van der Waals surface area (Å²) in [5, 5.41) is 3.24. The van der Waals surface area contributed by atoms with Gasteiger partial charge in [0.1, 0.15) is 5.75 Å². The second-order valence-corrected chi connectivity index (χ2v) is 6.79. The van der Waals surface area contributed by atoms with E-state index in [9.17, 15) is 4.79 Å². The summed E-state index contributed by atoms with van der Waals surface area (Å²) in [6.45, 7) is 1.02. The van der Waals surface area contributed by atoms with E-state index in [2.05, 4.69) is 27.3 Å². The van der Waals surface area contributed by atoms with Gasteiger partial charge in [-0.2, -0.15) is 0 Å². The lowest BCUT2D eigenvalue weighted by Gasteiger charge is -2.29. The predicted molar refractivity (Wildman–Crippen MR) is 95.6 cm³/mol. The Labute approximate surface area is 148 Å². The molecule has 1 aromatic carbocycles. The van der Waals surface area contributed by atoms with Crippen molar-refractivity contribution < 1.29 is 9.53 Å². The molecular weight excluding hydrogens is 314 g/mol. The molecular formula is C20H23N3O2. The molecule has 0 unspecified atom stereocenters. The van der Waals surface area contributed by atoms with Gasteiger partial charge in [0.25, 0.3) is 5.91 Å². The summed E-state index contributed by atoms with van der Waals surface area (Å²) in [6, 6.07) is 12.7. The zero-order chi connectivity index (χ0) is 17.2. The molecule has 2 aromatic rings. The van der Waals surface area contributed by atoms with Crippen LogP contribution in [-0.4, -0.2) is 41.5 Å². The van der Waals surface area contributed by atoms with Crippen molar-refractivity contribution in [2.24, 2.45) is 0 Å². The maximum absolute atomic E-state index is 12.6. The number of hydrogen-bond acceptors (Lipinski definition) is 4. The Balaban J connectivity index is 1.58. The van der Waals surface area contributed by atoms with E-state index in [1.165, 1.54) is 18.4 Å². The molecule has 25 heavy (non-hydrogen) atoms. The summed E-state index contributed by atoms with van der Waals surface area (Å²) in [5.74, 6) is 0.831. The predicted octanol–water partition coefficient (Wildman–Crippen LogP) is 2.80. The van der Waals surface area contributed by atoms with E-state index in [0.717, 1.165) is 18.7 Å². The molecule has 5 nitrogen and oxygen atoms in total. The Morgan fingerprint density at radius 3 is 2.72 bits per heavy atom. The van der Waals surface area contributed by atoms with Crippen molar-refractivity contribution >= 4 is 5.91 Å². The third kappa shape index (κ3) is 3.37. The number of aromatic nitrogens is 1. The maximum atomic E-state index is 12.6. The molecule has 2 heterocycles. The fourth-order valence-corrected chi connectivity index (χ4v) is 3.79. The first-order valence-corrected chi connectivity index (χ1v) is 8.87. The fraction of sp³-hybridized carbons (Fsp3) is 0.400. The molecule has 1 aliphatic heterocycles. The van der Waals surface area contributed by atoms with Crippen LogP contribution in [0.1, 0.15) is 41.2 Å². The van der Waals surface area contributed by atoms with Gasteiger partial charge in [0.15, 0.2) is 0 Å². The number of ether oxygens (including phenoxy) is 1. The number of nitrogens with zero attached hydrogens (tertiary/aromatic N) is 2. The van der Waals surface area contributed by atoms with Gasteiger partial charge in [-0.25, -0.2) is 0 Å². The smallest absolute Gasteiger partial charge is 0.251 e. The van der Waals surface area contributed by atoms with Crippen LogP contribution in [0.25, 0.3) is 0 Å². The number of benzene rings is 1. The first-order chi connectivity index (χ1) is 12.3. The molecule has 1 aromatic heterocycles. The minimum atomic E-state index is -0.0297. The van der Waals surface area contributed by atoms with Crippen molar-refractivity contribution in [2.45, 2.75) is 37.4 Å². The van der Waals surface area contributed by atoms with E-state index in [4.69, 9.17) is 4.74 Å². The molecule has 5 heteroatoms. The number of nitrogens with one attached hydrogen (secondary N) is 1. The van der Waals surface area contributed by atoms with Gasteiger partial charge in [0.2, 0.25) is 0 Å². The third-order valence-corrected chi connectivity index (χ3v) is 5.15. The summed E-state index contributed by atoms with van der Waals surface area (Å²) in [5.41, 5.74) is 1.87. The van der Waals surface area contributed by atoms with Crippen LogP contribution in [0.5, 0.6) is 5.75 Å². The van der Waals surface area contributed by atoms with Gasteiger partial charge >= 0.3 is 0 Å². The van der Waals surface area contributed by atoms with Crippen LogP contribution in [-0.2, 0) is 0 Å². The topological polar surface area (TPSA) is 54.5 Å². The van der Waals surface area contributed by atoms with Crippen molar-refractivity contribution in [1.29, 1.82) is 0 Å². The summed E-state index contributed by atoms with van der Waals surface area (Å²) >= 11 is 0. The van der Waals surface area contributed by atoms with Gasteiger partial charge < -0.3 is 10.1 Å². The lowest BCUT2D eigenvalue weighted by Crippen LogP contribution is -2.40. The van der Waals surface area contributed by atoms with E-state index < -0.39 is 0 Å². The minimum absolute atomic E-state index is 0.0297. The Bertz CT molecular complexity index is 746. The molecule has 1 aliphatic carbocycles. The number of carbonyl (C=O) groups excluding carboxylic acids is 1. The monoisotopic (exact) mass is 337 g/mol. The summed E-state index contributed by atoms with van der Waals surface area (Å²) in [4.78, 5) is 19.1. The van der Waals surface area contributed by atoms with Crippen molar-refractivity contribution in [3.8, 4) is 5.75 Å². The molecule has 0 bridgehead atoms. The highest BCUT2D eigenvalue weighted by molar-refractivity contribution is 5.94. The second kappa shape index (κ2) is 6.84. The summed E-state index contributed by atoms with van der Waals surface area (Å²) in [7, 11) is 1.69. The van der Waals surface area contributed by atoms with E-state index in [1.54, 1.807) is 31.6 Å². The summed E-state index contributed by atoms with van der Waals surface area (Å²) < 4.78 is 5.40. The number of rotatable bonds is 5. The highest BCUT2D eigenvalue weighted by Gasteiger charge is 2.43. The highest BCUT2D eigenvalue weighted by Crippen LogP contribution is 2.41. The van der Waals surface area contributed by atoms with Crippen LogP contribution in [0.4, 0.5) is 0 Å². The van der Waals surface area contributed by atoms with Crippen molar-refractivity contribution in [1.82, 2.24) is 15.2 Å². The Kier molecular flexibility index (Phi) is 4.40. The van der Waals surface area contributed by atoms with E-state index in [0.29, 0.717) is 11.6 Å². The van der Waals surface area contributed by atoms with Crippen molar-refractivity contribution in [3.05, 3.63) is 59.9 Å². The van der Waals surface area contributed by atoms with Crippen molar-refractivity contribution in [3.63, 3.8) is 0 Å². The second-order valence-electron chi connectivity index (χ2n) is 6.79. The normalized spacial score (nSPS) is 23.4. The SMILES string of the molecule is COc1cccc([C@H]2[C@H](NC(=O)c3ccncc3)CCN2C2CC2)c1. The standard InChI is InChI=1S/C20H23N3O2/c1-25-17-4-2-3-15(13-17)19-18(9-12-23(19)16-5-6-16)22-20(24)14-7-10-21-11-8-14/h2-4,7-8,10-11,13,16,18-19H,5-6,9,12H2,1H3,(H,22,24)/t18-,19+/m1/s1. The van der Waals surface area contributed by atoms with Crippen LogP contribution in [0.15, 0.2) is 48.8 Å². The van der Waals surface area contributed by atoms with E-state index in [-0.39, 0.29) is 18.0 Å². The molecule has 0 spiro atoms. The fourth-order valence-electron chi connectivity index (χ4n) is 3.79. The van der Waals surface area contributed by atoms with Crippen LogP contribution >= 0.6 is 0 Å². The molecule has 1 amide bonds. The van der Waals surface area contributed by atoms with E-state index >= 15 is 0 Å². The average Bonchev–Trinajstić information content (AvgIpc) is 3.43. The number of hydrogen-bond donors (Lipinski definition) is 1. The highest BCUT2D eigenvalue weighted by atomic mass is 16.5. The van der Waals surface area contributed by atoms with Gasteiger partial charge in [-0.1, -0.05) is 12.1 Å². The molecule has 0 radical (unpaired) electrons. The largest absolute Gasteiger partial charge is 0.497 e. The quantitative estimate of drug-likeness (QED) is 0.911. The Morgan fingerprint density at radius 1 is 1.20 bits per heavy atom.